The third kappa shape index (κ3) is 1.25. The number of halogens is 1. The van der Waals surface area contributed by atoms with Crippen LogP contribution in [-0.2, 0) is 0 Å². The number of hydrogen-bond donors (Lipinski definition) is 1. The largest absolute Gasteiger partial charge is 0.343 e. The highest BCUT2D eigenvalue weighted by atomic mass is 79.9. The van der Waals surface area contributed by atoms with Crippen LogP contribution in [0.1, 0.15) is 0 Å². The van der Waals surface area contributed by atoms with Crippen LogP contribution in [0.25, 0.3) is 11.5 Å². The summed E-state index contributed by atoms with van der Waals surface area (Å²) in [6, 6.07) is 3.81. The molecule has 0 aliphatic rings. The van der Waals surface area contributed by atoms with Gasteiger partial charge in [0.15, 0.2) is 5.82 Å². The molecule has 60 valence electrons. The van der Waals surface area contributed by atoms with E-state index in [0.29, 0.717) is 0 Å². The normalized spacial score (nSPS) is 10.1. The van der Waals surface area contributed by atoms with Crippen molar-refractivity contribution in [1.29, 1.82) is 0 Å². The number of nitrogens with one attached hydrogen (secondary N) is 1. The van der Waals surface area contributed by atoms with Crippen molar-refractivity contribution in [3.8, 4) is 11.5 Å². The minimum absolute atomic E-state index is 0.780. The van der Waals surface area contributed by atoms with E-state index in [9.17, 15) is 0 Å². The first kappa shape index (κ1) is 7.49. The molecule has 0 fully saturated rings. The average Bonchev–Trinajstić information content (AvgIpc) is 2.57. The van der Waals surface area contributed by atoms with Crippen LogP contribution in [0.15, 0.2) is 35.2 Å². The van der Waals surface area contributed by atoms with E-state index in [1.54, 1.807) is 18.6 Å². The molecule has 2 heterocycles. The lowest BCUT2D eigenvalue weighted by Gasteiger charge is -1.97. The fraction of sp³-hybridized carbons (Fsp3) is 0. The van der Waals surface area contributed by atoms with E-state index >= 15 is 0 Å². The third-order valence-electron chi connectivity index (χ3n) is 1.48. The van der Waals surface area contributed by atoms with E-state index in [2.05, 4.69) is 30.9 Å². The first-order chi connectivity index (χ1) is 5.88. The fourth-order valence-electron chi connectivity index (χ4n) is 0.955. The lowest BCUT2D eigenvalue weighted by atomic mass is 10.3. The van der Waals surface area contributed by atoms with Crippen LogP contribution in [-0.4, -0.2) is 15.0 Å². The maximum absolute atomic E-state index is 4.18. The van der Waals surface area contributed by atoms with E-state index in [1.165, 1.54) is 0 Å². The highest BCUT2D eigenvalue weighted by molar-refractivity contribution is 9.10. The molecule has 4 heteroatoms. The van der Waals surface area contributed by atoms with Gasteiger partial charge >= 0.3 is 0 Å². The molecule has 0 bridgehead atoms. The van der Waals surface area contributed by atoms with Gasteiger partial charge in [0.05, 0.1) is 0 Å². The molecule has 0 amide bonds. The van der Waals surface area contributed by atoms with Crippen LogP contribution in [0.5, 0.6) is 0 Å². The predicted octanol–water partition coefficient (Wildman–Crippen LogP) is 2.23. The molecule has 0 atom stereocenters. The van der Waals surface area contributed by atoms with Crippen LogP contribution in [0, 0.1) is 0 Å². The predicted molar refractivity (Wildman–Crippen MR) is 49.5 cm³/mol. The van der Waals surface area contributed by atoms with Gasteiger partial charge in [-0.15, -0.1) is 0 Å². The summed E-state index contributed by atoms with van der Waals surface area (Å²) in [5.41, 5.74) is 0.836. The third-order valence-corrected chi connectivity index (χ3v) is 2.12. The highest BCUT2D eigenvalue weighted by Gasteiger charge is 2.04. The number of hydrogen-bond acceptors (Lipinski definition) is 2. The molecule has 1 N–H and O–H groups in total. The number of H-pyrrole nitrogens is 1. The molecule has 3 nitrogen and oxygen atoms in total. The molecule has 12 heavy (non-hydrogen) atoms. The Balaban J connectivity index is 2.55. The van der Waals surface area contributed by atoms with Crippen LogP contribution in [0.4, 0.5) is 0 Å². The zero-order valence-electron chi connectivity index (χ0n) is 6.16. The molecular weight excluding hydrogens is 218 g/mol. The van der Waals surface area contributed by atoms with Crippen LogP contribution >= 0.6 is 15.9 Å². The topological polar surface area (TPSA) is 41.6 Å². The lowest BCUT2D eigenvalue weighted by molar-refractivity contribution is 1.21. The van der Waals surface area contributed by atoms with Crippen molar-refractivity contribution in [3.63, 3.8) is 0 Å². The second-order valence-corrected chi connectivity index (χ2v) is 3.13. The smallest absolute Gasteiger partial charge is 0.157 e. The molecular formula is C8H6BrN3. The van der Waals surface area contributed by atoms with E-state index in [-0.39, 0.29) is 0 Å². The monoisotopic (exact) mass is 223 g/mol. The molecule has 2 aromatic heterocycles. The maximum atomic E-state index is 4.18. The summed E-state index contributed by atoms with van der Waals surface area (Å²) >= 11 is 3.40. The molecule has 2 aromatic rings. The number of nitrogens with zero attached hydrogens (tertiary/aromatic N) is 2. The van der Waals surface area contributed by atoms with Crippen molar-refractivity contribution in [1.82, 2.24) is 15.0 Å². The Labute approximate surface area is 78.0 Å². The Morgan fingerprint density at radius 1 is 1.25 bits per heavy atom. The number of aromatic nitrogens is 3. The molecule has 0 unspecified atom stereocenters. The first-order valence-electron chi connectivity index (χ1n) is 3.48. The first-order valence-corrected chi connectivity index (χ1v) is 4.27. The summed E-state index contributed by atoms with van der Waals surface area (Å²) in [5, 5.41) is 0. The van der Waals surface area contributed by atoms with Crippen molar-refractivity contribution in [3.05, 3.63) is 35.2 Å². The van der Waals surface area contributed by atoms with Crippen molar-refractivity contribution in [2.24, 2.45) is 0 Å². The zero-order chi connectivity index (χ0) is 8.39. The minimum Gasteiger partial charge on any atom is -0.343 e. The minimum atomic E-state index is 0.780. The zero-order valence-corrected chi connectivity index (χ0v) is 7.75. The molecule has 0 aliphatic heterocycles. The number of imidazole rings is 1. The van der Waals surface area contributed by atoms with Crippen LogP contribution < -0.4 is 0 Å². The number of rotatable bonds is 1. The van der Waals surface area contributed by atoms with Gasteiger partial charge in [-0.05, 0) is 28.1 Å². The van der Waals surface area contributed by atoms with Crippen molar-refractivity contribution < 1.29 is 0 Å². The molecule has 0 aliphatic carbocycles. The highest BCUT2D eigenvalue weighted by Crippen LogP contribution is 2.21. The Morgan fingerprint density at radius 3 is 2.83 bits per heavy atom. The summed E-state index contributed by atoms with van der Waals surface area (Å²) < 4.78 is 0.944. The van der Waals surface area contributed by atoms with Gasteiger partial charge in [0.1, 0.15) is 5.69 Å². The van der Waals surface area contributed by atoms with Crippen LogP contribution in [0.3, 0.4) is 0 Å². The molecule has 0 aromatic carbocycles. The average molecular weight is 224 g/mol. The summed E-state index contributed by atoms with van der Waals surface area (Å²) in [5.74, 6) is 0.780. The Bertz CT molecular complexity index is 370. The maximum Gasteiger partial charge on any atom is 0.157 e. The van der Waals surface area contributed by atoms with Crippen molar-refractivity contribution in [2.45, 2.75) is 0 Å². The molecule has 0 saturated heterocycles. The van der Waals surface area contributed by atoms with E-state index < -0.39 is 0 Å². The van der Waals surface area contributed by atoms with E-state index in [4.69, 9.17) is 0 Å². The Hall–Kier alpha value is -1.16. The van der Waals surface area contributed by atoms with Gasteiger partial charge in [0.25, 0.3) is 0 Å². The van der Waals surface area contributed by atoms with E-state index in [1.807, 2.05) is 12.1 Å². The molecule has 0 spiro atoms. The van der Waals surface area contributed by atoms with Gasteiger partial charge in [-0.1, -0.05) is 0 Å². The quantitative estimate of drug-likeness (QED) is 0.806. The standard InChI is InChI=1S/C8H6BrN3/c9-6-2-1-3-10-7(6)8-11-4-5-12-8/h1-5H,(H,11,12). The van der Waals surface area contributed by atoms with Gasteiger partial charge in [0, 0.05) is 23.1 Å². The van der Waals surface area contributed by atoms with Gasteiger partial charge in [-0.2, -0.15) is 0 Å². The number of aromatic amines is 1. The molecule has 0 saturated carbocycles. The van der Waals surface area contributed by atoms with Gasteiger partial charge in [0.2, 0.25) is 0 Å². The lowest BCUT2D eigenvalue weighted by Crippen LogP contribution is -1.85. The van der Waals surface area contributed by atoms with E-state index in [0.717, 1.165) is 16.0 Å². The van der Waals surface area contributed by atoms with Crippen molar-refractivity contribution in [2.75, 3.05) is 0 Å². The van der Waals surface area contributed by atoms with Gasteiger partial charge < -0.3 is 4.98 Å². The second-order valence-electron chi connectivity index (χ2n) is 2.27. The summed E-state index contributed by atoms with van der Waals surface area (Å²) in [6.07, 6.45) is 5.22. The Kier molecular flexibility index (Phi) is 1.91. The summed E-state index contributed by atoms with van der Waals surface area (Å²) in [7, 11) is 0. The van der Waals surface area contributed by atoms with Gasteiger partial charge in [-0.25, -0.2) is 4.98 Å². The summed E-state index contributed by atoms with van der Waals surface area (Å²) in [6.45, 7) is 0. The van der Waals surface area contributed by atoms with Gasteiger partial charge in [-0.3, -0.25) is 4.98 Å². The fourth-order valence-corrected chi connectivity index (χ4v) is 1.40. The summed E-state index contributed by atoms with van der Waals surface area (Å²) in [4.78, 5) is 11.3. The Morgan fingerprint density at radius 2 is 2.17 bits per heavy atom. The molecule has 0 radical (unpaired) electrons. The SMILES string of the molecule is Brc1cccnc1-c1ncc[nH]1. The molecule has 2 rings (SSSR count). The van der Waals surface area contributed by atoms with Crippen molar-refractivity contribution >= 4 is 15.9 Å². The second kappa shape index (κ2) is 3.06. The number of pyridine rings is 1. The van der Waals surface area contributed by atoms with Crippen LogP contribution in [0.2, 0.25) is 0 Å².